The molecule has 0 fully saturated rings. The van der Waals surface area contributed by atoms with Crippen LogP contribution in [0.3, 0.4) is 0 Å². The van der Waals surface area contributed by atoms with Crippen LogP contribution in [-0.2, 0) is 0 Å². The van der Waals surface area contributed by atoms with Gasteiger partial charge in [-0.1, -0.05) is 48.5 Å². The van der Waals surface area contributed by atoms with Crippen LogP contribution >= 0.6 is 11.6 Å². The number of hydrogen-bond acceptors (Lipinski definition) is 1. The fourth-order valence-electron chi connectivity index (χ4n) is 2.92. The molecule has 0 aliphatic rings. The minimum atomic E-state index is -0.404. The second-order valence-corrected chi connectivity index (χ2v) is 5.09. The van der Waals surface area contributed by atoms with Gasteiger partial charge in [0.05, 0.1) is 0 Å². The lowest BCUT2D eigenvalue weighted by atomic mass is 9.92. The summed E-state index contributed by atoms with van der Waals surface area (Å²) in [6.07, 6.45) is 0. The Balaban J connectivity index is 2.42. The Bertz CT molecular complexity index is 940. The van der Waals surface area contributed by atoms with Crippen molar-refractivity contribution in [3.8, 4) is 0 Å². The van der Waals surface area contributed by atoms with Crippen LogP contribution < -0.4 is 0 Å². The molecule has 0 radical (unpaired) electrons. The molecule has 0 bridgehead atoms. The molecule has 4 aromatic rings. The van der Waals surface area contributed by atoms with E-state index in [0.29, 0.717) is 5.56 Å². The summed E-state index contributed by atoms with van der Waals surface area (Å²) in [6, 6.07) is 18.2. The first kappa shape index (κ1) is 10.8. The maximum atomic E-state index is 11.7. The molecule has 0 heterocycles. The molecule has 0 aromatic heterocycles. The fourth-order valence-corrected chi connectivity index (χ4v) is 3.08. The average molecular weight is 265 g/mol. The van der Waals surface area contributed by atoms with E-state index in [1.54, 1.807) is 0 Å². The van der Waals surface area contributed by atoms with E-state index in [1.807, 2.05) is 30.3 Å². The Labute approximate surface area is 114 Å². The summed E-state index contributed by atoms with van der Waals surface area (Å²) in [4.78, 5) is 11.7. The van der Waals surface area contributed by atoms with E-state index in [2.05, 4.69) is 24.3 Å². The molecule has 0 amide bonds. The van der Waals surface area contributed by atoms with Crippen molar-refractivity contribution in [2.24, 2.45) is 0 Å². The fraction of sp³-hybridized carbons (Fsp3) is 0. The van der Waals surface area contributed by atoms with E-state index in [0.717, 1.165) is 21.5 Å². The van der Waals surface area contributed by atoms with Gasteiger partial charge in [-0.15, -0.1) is 0 Å². The number of carbonyl (C=O) groups is 1. The highest BCUT2D eigenvalue weighted by atomic mass is 35.5. The van der Waals surface area contributed by atoms with Gasteiger partial charge in [0.1, 0.15) is 0 Å². The molecule has 4 rings (SSSR count). The van der Waals surface area contributed by atoms with Crippen molar-refractivity contribution in [1.82, 2.24) is 0 Å². The Hall–Kier alpha value is -2.12. The maximum Gasteiger partial charge on any atom is 0.253 e. The quantitative estimate of drug-likeness (QED) is 0.351. The second kappa shape index (κ2) is 3.69. The maximum absolute atomic E-state index is 11.7. The van der Waals surface area contributed by atoms with Crippen LogP contribution in [0.15, 0.2) is 54.6 Å². The smallest absolute Gasteiger partial charge is 0.253 e. The third-order valence-corrected chi connectivity index (χ3v) is 3.92. The van der Waals surface area contributed by atoms with Gasteiger partial charge in [-0.25, -0.2) is 0 Å². The minimum Gasteiger partial charge on any atom is -0.276 e. The molecule has 0 spiro atoms. The Morgan fingerprint density at radius 3 is 2.16 bits per heavy atom. The first-order valence-electron chi connectivity index (χ1n) is 6.12. The molecule has 0 saturated heterocycles. The predicted octanol–water partition coefficient (Wildman–Crippen LogP) is 4.96. The van der Waals surface area contributed by atoms with Gasteiger partial charge in [-0.3, -0.25) is 4.79 Å². The highest BCUT2D eigenvalue weighted by Gasteiger charge is 2.14. The zero-order valence-corrected chi connectivity index (χ0v) is 10.7. The van der Waals surface area contributed by atoms with Crippen LogP contribution in [0.5, 0.6) is 0 Å². The summed E-state index contributed by atoms with van der Waals surface area (Å²) < 4.78 is 0. The first-order valence-corrected chi connectivity index (χ1v) is 6.50. The Morgan fingerprint density at radius 2 is 1.42 bits per heavy atom. The number of carbonyl (C=O) groups excluding carboxylic acids is 1. The Morgan fingerprint density at radius 1 is 0.789 bits per heavy atom. The van der Waals surface area contributed by atoms with Gasteiger partial charge in [0.25, 0.3) is 5.24 Å². The number of halogens is 1. The summed E-state index contributed by atoms with van der Waals surface area (Å²) in [6.45, 7) is 0. The van der Waals surface area contributed by atoms with Crippen molar-refractivity contribution in [1.29, 1.82) is 0 Å². The van der Waals surface area contributed by atoms with Gasteiger partial charge in [-0.2, -0.15) is 0 Å². The Kier molecular flexibility index (Phi) is 2.09. The highest BCUT2D eigenvalue weighted by Crippen LogP contribution is 2.36. The molecule has 0 unspecified atom stereocenters. The van der Waals surface area contributed by atoms with E-state index >= 15 is 0 Å². The van der Waals surface area contributed by atoms with Gasteiger partial charge < -0.3 is 0 Å². The summed E-state index contributed by atoms with van der Waals surface area (Å²) in [5.74, 6) is 0. The lowest BCUT2D eigenvalue weighted by Gasteiger charge is -2.12. The van der Waals surface area contributed by atoms with Crippen LogP contribution in [0.4, 0.5) is 0 Å². The largest absolute Gasteiger partial charge is 0.276 e. The SMILES string of the molecule is O=C(Cl)c1cc2cccc3ccc4cccc1c4c32. The summed E-state index contributed by atoms with van der Waals surface area (Å²) >= 11 is 5.74. The van der Waals surface area contributed by atoms with Gasteiger partial charge >= 0.3 is 0 Å². The molecule has 0 aliphatic heterocycles. The number of hydrogen-bond donors (Lipinski definition) is 0. The van der Waals surface area contributed by atoms with Crippen LogP contribution in [-0.4, -0.2) is 5.24 Å². The molecule has 0 N–H and O–H groups in total. The van der Waals surface area contributed by atoms with Crippen LogP contribution in [0.1, 0.15) is 10.4 Å². The van der Waals surface area contributed by atoms with Crippen LogP contribution in [0.2, 0.25) is 0 Å². The van der Waals surface area contributed by atoms with Crippen LogP contribution in [0.25, 0.3) is 32.3 Å². The number of rotatable bonds is 1. The molecule has 0 saturated carbocycles. The highest BCUT2D eigenvalue weighted by molar-refractivity contribution is 6.69. The van der Waals surface area contributed by atoms with Crippen molar-refractivity contribution >= 4 is 49.2 Å². The van der Waals surface area contributed by atoms with Gasteiger partial charge in [0.15, 0.2) is 0 Å². The molecule has 2 heteroatoms. The van der Waals surface area contributed by atoms with Gasteiger partial charge in [0.2, 0.25) is 0 Å². The van der Waals surface area contributed by atoms with E-state index in [-0.39, 0.29) is 0 Å². The third-order valence-electron chi connectivity index (χ3n) is 3.72. The first-order chi connectivity index (χ1) is 9.25. The molecule has 0 atom stereocenters. The average Bonchev–Trinajstić information content (AvgIpc) is 2.44. The van der Waals surface area contributed by atoms with E-state index < -0.39 is 5.24 Å². The molecule has 1 nitrogen and oxygen atoms in total. The van der Waals surface area contributed by atoms with Crippen molar-refractivity contribution < 1.29 is 4.79 Å². The topological polar surface area (TPSA) is 17.1 Å². The predicted molar refractivity (Wildman–Crippen MR) is 80.3 cm³/mol. The zero-order chi connectivity index (χ0) is 13.0. The lowest BCUT2D eigenvalue weighted by Crippen LogP contribution is -1.93. The zero-order valence-electron chi connectivity index (χ0n) is 9.98. The van der Waals surface area contributed by atoms with Gasteiger partial charge in [0, 0.05) is 5.56 Å². The monoisotopic (exact) mass is 264 g/mol. The molecule has 0 aliphatic carbocycles. The minimum absolute atomic E-state index is 0.404. The van der Waals surface area contributed by atoms with E-state index in [9.17, 15) is 4.79 Å². The van der Waals surface area contributed by atoms with E-state index in [1.165, 1.54) is 10.8 Å². The second-order valence-electron chi connectivity index (χ2n) is 4.75. The normalized spacial score (nSPS) is 11.6. The van der Waals surface area contributed by atoms with Crippen molar-refractivity contribution in [3.63, 3.8) is 0 Å². The summed E-state index contributed by atoms with van der Waals surface area (Å²) in [5, 5.41) is 6.25. The molecular formula is C17H9ClO. The van der Waals surface area contributed by atoms with Crippen LogP contribution in [0, 0.1) is 0 Å². The summed E-state index contributed by atoms with van der Waals surface area (Å²) in [7, 11) is 0. The lowest BCUT2D eigenvalue weighted by molar-refractivity contribution is 0.108. The standard InChI is InChI=1S/C17H9ClO/c18-17(19)14-9-12-5-1-3-10-7-8-11-4-2-6-13(14)16(11)15(10)12/h1-9H. The van der Waals surface area contributed by atoms with Crippen molar-refractivity contribution in [2.75, 3.05) is 0 Å². The van der Waals surface area contributed by atoms with Gasteiger partial charge in [-0.05, 0) is 50.0 Å². The molecule has 19 heavy (non-hydrogen) atoms. The number of benzene rings is 4. The van der Waals surface area contributed by atoms with E-state index in [4.69, 9.17) is 11.6 Å². The van der Waals surface area contributed by atoms with Crippen molar-refractivity contribution in [2.45, 2.75) is 0 Å². The van der Waals surface area contributed by atoms with Crippen molar-refractivity contribution in [3.05, 3.63) is 60.2 Å². The molecular weight excluding hydrogens is 256 g/mol. The summed E-state index contributed by atoms with van der Waals surface area (Å²) in [5.41, 5.74) is 0.582. The molecule has 4 aromatic carbocycles. The third kappa shape index (κ3) is 1.39. The molecule has 90 valence electrons.